The van der Waals surface area contributed by atoms with Crippen LogP contribution in [0.25, 0.3) is 0 Å². The van der Waals surface area contributed by atoms with Crippen LogP contribution in [0.4, 0.5) is 0 Å². The number of methoxy groups -OCH3 is 1. The van der Waals surface area contributed by atoms with Gasteiger partial charge in [-0.15, -0.1) is 0 Å². The van der Waals surface area contributed by atoms with Gasteiger partial charge in [-0.05, 0) is 18.1 Å². The Labute approximate surface area is 155 Å². The lowest BCUT2D eigenvalue weighted by Gasteiger charge is -2.27. The van der Waals surface area contributed by atoms with E-state index in [-0.39, 0.29) is 17.7 Å². The molecule has 0 saturated carbocycles. The standard InChI is InChI=1S/C19H29N3O4/c1-14(2)17(19(24)20-8-9-22-10-12-26-13-11-22)21-18(23)15-6-4-5-7-16(15)25-3/h4-7,14,17H,8-13H2,1-3H3,(H,20,24)(H,21,23)/t17-/m0/s1. The molecule has 144 valence electrons. The van der Waals surface area contributed by atoms with Crippen molar-refractivity contribution >= 4 is 11.8 Å². The van der Waals surface area contributed by atoms with Gasteiger partial charge in [-0.2, -0.15) is 0 Å². The summed E-state index contributed by atoms with van der Waals surface area (Å²) in [7, 11) is 1.52. The predicted molar refractivity (Wildman–Crippen MR) is 99.4 cm³/mol. The molecule has 1 heterocycles. The van der Waals surface area contributed by atoms with Crippen LogP contribution in [0.1, 0.15) is 24.2 Å². The van der Waals surface area contributed by atoms with E-state index in [0.29, 0.717) is 17.9 Å². The number of nitrogens with one attached hydrogen (secondary N) is 2. The molecule has 0 radical (unpaired) electrons. The molecule has 1 aromatic carbocycles. The molecule has 0 aromatic heterocycles. The summed E-state index contributed by atoms with van der Waals surface area (Å²) in [5.41, 5.74) is 0.418. The maximum Gasteiger partial charge on any atom is 0.255 e. The zero-order valence-corrected chi connectivity index (χ0v) is 15.8. The van der Waals surface area contributed by atoms with Crippen molar-refractivity contribution in [1.29, 1.82) is 0 Å². The van der Waals surface area contributed by atoms with Crippen molar-refractivity contribution in [1.82, 2.24) is 15.5 Å². The minimum absolute atomic E-state index is 0.0305. The molecule has 0 unspecified atom stereocenters. The van der Waals surface area contributed by atoms with Gasteiger partial charge in [0.25, 0.3) is 5.91 Å². The van der Waals surface area contributed by atoms with E-state index in [0.717, 1.165) is 32.8 Å². The Hall–Kier alpha value is -2.12. The summed E-state index contributed by atoms with van der Waals surface area (Å²) >= 11 is 0. The van der Waals surface area contributed by atoms with E-state index >= 15 is 0 Å². The average Bonchev–Trinajstić information content (AvgIpc) is 2.66. The number of rotatable bonds is 8. The molecule has 26 heavy (non-hydrogen) atoms. The van der Waals surface area contributed by atoms with E-state index in [1.165, 1.54) is 7.11 Å². The van der Waals surface area contributed by atoms with Crippen molar-refractivity contribution in [3.05, 3.63) is 29.8 Å². The smallest absolute Gasteiger partial charge is 0.255 e. The number of carbonyl (C=O) groups is 2. The predicted octanol–water partition coefficient (Wildman–Crippen LogP) is 0.898. The topological polar surface area (TPSA) is 79.9 Å². The number of hydrogen-bond donors (Lipinski definition) is 2. The van der Waals surface area contributed by atoms with Crippen LogP contribution in [0.3, 0.4) is 0 Å². The van der Waals surface area contributed by atoms with Crippen molar-refractivity contribution in [3.63, 3.8) is 0 Å². The van der Waals surface area contributed by atoms with Gasteiger partial charge >= 0.3 is 0 Å². The van der Waals surface area contributed by atoms with E-state index in [4.69, 9.17) is 9.47 Å². The minimum atomic E-state index is -0.600. The summed E-state index contributed by atoms with van der Waals surface area (Å²) in [6, 6.07) is 6.37. The third-order valence-electron chi connectivity index (χ3n) is 4.42. The van der Waals surface area contributed by atoms with Crippen molar-refractivity contribution in [3.8, 4) is 5.75 Å². The van der Waals surface area contributed by atoms with Crippen LogP contribution >= 0.6 is 0 Å². The molecule has 7 nitrogen and oxygen atoms in total. The molecule has 2 rings (SSSR count). The van der Waals surface area contributed by atoms with Gasteiger partial charge in [0.15, 0.2) is 0 Å². The first kappa shape index (κ1) is 20.2. The van der Waals surface area contributed by atoms with Crippen molar-refractivity contribution in [2.45, 2.75) is 19.9 Å². The number of hydrogen-bond acceptors (Lipinski definition) is 5. The lowest BCUT2D eigenvalue weighted by atomic mass is 10.0. The Kier molecular flexibility index (Phi) is 7.87. The van der Waals surface area contributed by atoms with Gasteiger partial charge in [-0.1, -0.05) is 26.0 Å². The van der Waals surface area contributed by atoms with E-state index in [9.17, 15) is 9.59 Å². The second kappa shape index (κ2) is 10.1. The fourth-order valence-electron chi connectivity index (χ4n) is 2.86. The van der Waals surface area contributed by atoms with E-state index < -0.39 is 6.04 Å². The molecule has 1 atom stereocenters. The zero-order chi connectivity index (χ0) is 18.9. The van der Waals surface area contributed by atoms with E-state index in [1.807, 2.05) is 13.8 Å². The van der Waals surface area contributed by atoms with Crippen LogP contribution in [-0.4, -0.2) is 69.3 Å². The quantitative estimate of drug-likeness (QED) is 0.717. The molecule has 1 aromatic rings. The molecule has 1 aliphatic heterocycles. The lowest BCUT2D eigenvalue weighted by Crippen LogP contribution is -2.51. The summed E-state index contributed by atoms with van der Waals surface area (Å²) < 4.78 is 10.5. The number of benzene rings is 1. The molecule has 2 amide bonds. The molecule has 0 bridgehead atoms. The van der Waals surface area contributed by atoms with Gasteiger partial charge in [0.1, 0.15) is 11.8 Å². The second-order valence-corrected chi connectivity index (χ2v) is 6.64. The number of para-hydroxylation sites is 1. The monoisotopic (exact) mass is 363 g/mol. The summed E-state index contributed by atoms with van der Waals surface area (Å²) in [4.78, 5) is 27.4. The minimum Gasteiger partial charge on any atom is -0.496 e. The lowest BCUT2D eigenvalue weighted by molar-refractivity contribution is -0.124. The number of morpholine rings is 1. The molecule has 7 heteroatoms. The van der Waals surface area contributed by atoms with Crippen LogP contribution in [0.2, 0.25) is 0 Å². The Morgan fingerprint density at radius 2 is 1.92 bits per heavy atom. The summed E-state index contributed by atoms with van der Waals surface area (Å²) in [6.45, 7) is 8.38. The SMILES string of the molecule is COc1ccccc1C(=O)N[C@H](C(=O)NCCN1CCOCC1)C(C)C. The third kappa shape index (κ3) is 5.71. The number of amides is 2. The summed E-state index contributed by atoms with van der Waals surface area (Å²) in [5, 5.41) is 5.76. The first-order chi connectivity index (χ1) is 12.5. The van der Waals surface area contributed by atoms with Crippen LogP contribution in [0.5, 0.6) is 5.75 Å². The normalized spacial score (nSPS) is 16.2. The van der Waals surface area contributed by atoms with Gasteiger partial charge in [-0.3, -0.25) is 14.5 Å². The van der Waals surface area contributed by atoms with Crippen LogP contribution in [0, 0.1) is 5.92 Å². The number of nitrogens with zero attached hydrogens (tertiary/aromatic N) is 1. The maximum absolute atomic E-state index is 12.6. The molecule has 1 aliphatic rings. The number of ether oxygens (including phenoxy) is 2. The molecule has 0 aliphatic carbocycles. The fraction of sp³-hybridized carbons (Fsp3) is 0.579. The first-order valence-electron chi connectivity index (χ1n) is 9.04. The Morgan fingerprint density at radius 1 is 1.23 bits per heavy atom. The van der Waals surface area contributed by atoms with Crippen molar-refractivity contribution in [2.24, 2.45) is 5.92 Å². The maximum atomic E-state index is 12.6. The highest BCUT2D eigenvalue weighted by Crippen LogP contribution is 2.17. The highest BCUT2D eigenvalue weighted by molar-refractivity contribution is 5.99. The molecule has 1 fully saturated rings. The molecule has 0 spiro atoms. The summed E-state index contributed by atoms with van der Waals surface area (Å²) in [5.74, 6) is -0.0294. The molecular formula is C19H29N3O4. The van der Waals surface area contributed by atoms with E-state index in [2.05, 4.69) is 15.5 Å². The fourth-order valence-corrected chi connectivity index (χ4v) is 2.86. The first-order valence-corrected chi connectivity index (χ1v) is 9.04. The third-order valence-corrected chi connectivity index (χ3v) is 4.42. The number of carbonyl (C=O) groups excluding carboxylic acids is 2. The van der Waals surface area contributed by atoms with Crippen LogP contribution < -0.4 is 15.4 Å². The Bertz CT molecular complexity index is 600. The highest BCUT2D eigenvalue weighted by Gasteiger charge is 2.25. The molecule has 1 saturated heterocycles. The van der Waals surface area contributed by atoms with Crippen molar-refractivity contribution in [2.75, 3.05) is 46.5 Å². The van der Waals surface area contributed by atoms with Crippen LogP contribution in [0.15, 0.2) is 24.3 Å². The van der Waals surface area contributed by atoms with Crippen molar-refractivity contribution < 1.29 is 19.1 Å². The van der Waals surface area contributed by atoms with Crippen LogP contribution in [-0.2, 0) is 9.53 Å². The van der Waals surface area contributed by atoms with Gasteiger partial charge in [-0.25, -0.2) is 0 Å². The van der Waals surface area contributed by atoms with Gasteiger partial charge in [0.2, 0.25) is 5.91 Å². The van der Waals surface area contributed by atoms with E-state index in [1.54, 1.807) is 24.3 Å². The van der Waals surface area contributed by atoms with Gasteiger partial charge < -0.3 is 20.1 Å². The van der Waals surface area contributed by atoms with Gasteiger partial charge in [0.05, 0.1) is 25.9 Å². The summed E-state index contributed by atoms with van der Waals surface area (Å²) in [6.07, 6.45) is 0. The largest absolute Gasteiger partial charge is 0.496 e. The van der Waals surface area contributed by atoms with Gasteiger partial charge in [0, 0.05) is 26.2 Å². The second-order valence-electron chi connectivity index (χ2n) is 6.64. The zero-order valence-electron chi connectivity index (χ0n) is 15.8. The highest BCUT2D eigenvalue weighted by atomic mass is 16.5. The Balaban J connectivity index is 1.90. The molecule has 2 N–H and O–H groups in total. The molecular weight excluding hydrogens is 334 g/mol. The Morgan fingerprint density at radius 3 is 2.58 bits per heavy atom. The average molecular weight is 363 g/mol.